The number of thiazole rings is 1. The van der Waals surface area contributed by atoms with Crippen molar-refractivity contribution in [2.75, 3.05) is 56.6 Å². The van der Waals surface area contributed by atoms with E-state index in [4.69, 9.17) is 9.47 Å². The highest BCUT2D eigenvalue weighted by Crippen LogP contribution is 2.19. The average molecular weight is 533 g/mol. The van der Waals surface area contributed by atoms with Crippen molar-refractivity contribution in [3.05, 3.63) is 43.6 Å². The van der Waals surface area contributed by atoms with Gasteiger partial charge in [-0.3, -0.25) is 14.3 Å². The van der Waals surface area contributed by atoms with Gasteiger partial charge >= 0.3 is 12.0 Å². The molecule has 2 aromatic rings. The minimum atomic E-state index is -0.801. The molecule has 1 saturated heterocycles. The predicted molar refractivity (Wildman–Crippen MR) is 138 cm³/mol. The number of rotatable bonds is 9. The summed E-state index contributed by atoms with van der Waals surface area (Å²) in [7, 11) is 0. The number of nitriles is 1. The molecule has 0 aliphatic carbocycles. The first-order valence-corrected chi connectivity index (χ1v) is 12.6. The van der Waals surface area contributed by atoms with E-state index in [0.717, 1.165) is 24.4 Å². The van der Waals surface area contributed by atoms with E-state index >= 15 is 0 Å². The standard InChI is InChI=1S/C24H29FN6O5S/c1-3-31-21(32)20(37-22(31)17(14-26)23(33)36-4-2)15-28-16-5-6-18(25)19(13-16)29-24(34)27-7-8-30-9-11-35-12-10-30/h5-6,13,15,28H,3-4,7-12H2,1-2H3,(H2,27,29,34)/b20-15+,22-17+. The Balaban J connectivity index is 1.74. The molecule has 3 N–H and O–H groups in total. The van der Waals surface area contributed by atoms with Crippen LogP contribution in [0.25, 0.3) is 11.8 Å². The predicted octanol–water partition coefficient (Wildman–Crippen LogP) is 0.610. The van der Waals surface area contributed by atoms with E-state index in [2.05, 4.69) is 20.9 Å². The molecule has 0 atom stereocenters. The molecule has 0 spiro atoms. The molecule has 1 fully saturated rings. The van der Waals surface area contributed by atoms with E-state index < -0.39 is 23.4 Å². The number of morpholine rings is 1. The second kappa shape index (κ2) is 13.5. The highest BCUT2D eigenvalue weighted by molar-refractivity contribution is 7.07. The fraction of sp³-hybridized carbons (Fsp3) is 0.417. The maximum atomic E-state index is 14.3. The number of esters is 1. The van der Waals surface area contributed by atoms with Crippen LogP contribution in [-0.4, -0.2) is 67.5 Å². The number of carbonyl (C=O) groups is 2. The first-order chi connectivity index (χ1) is 17.9. The molecular weight excluding hydrogens is 503 g/mol. The van der Waals surface area contributed by atoms with Gasteiger partial charge in [-0.2, -0.15) is 5.26 Å². The van der Waals surface area contributed by atoms with Crippen molar-refractivity contribution in [3.8, 4) is 6.07 Å². The third-order valence-electron chi connectivity index (χ3n) is 5.43. The summed E-state index contributed by atoms with van der Waals surface area (Å²) in [6.07, 6.45) is 1.40. The molecule has 198 valence electrons. The largest absolute Gasteiger partial charge is 0.462 e. The monoisotopic (exact) mass is 532 g/mol. The zero-order chi connectivity index (χ0) is 26.8. The Morgan fingerprint density at radius 1 is 1.30 bits per heavy atom. The molecule has 0 radical (unpaired) electrons. The van der Waals surface area contributed by atoms with Crippen LogP contribution >= 0.6 is 11.3 Å². The molecule has 1 aromatic heterocycles. The highest BCUT2D eigenvalue weighted by atomic mass is 32.1. The van der Waals surface area contributed by atoms with Crippen LogP contribution in [-0.2, 0) is 20.8 Å². The van der Waals surface area contributed by atoms with Gasteiger partial charge in [-0.05, 0) is 32.0 Å². The fourth-order valence-electron chi connectivity index (χ4n) is 3.56. The minimum Gasteiger partial charge on any atom is -0.462 e. The van der Waals surface area contributed by atoms with E-state index in [1.54, 1.807) is 13.8 Å². The van der Waals surface area contributed by atoms with Gasteiger partial charge in [-0.15, -0.1) is 11.3 Å². The number of aromatic nitrogens is 1. The number of amides is 2. The Bertz CT molecular complexity index is 1340. The number of halogens is 1. The summed E-state index contributed by atoms with van der Waals surface area (Å²) < 4.78 is 26.3. The van der Waals surface area contributed by atoms with Crippen LogP contribution in [0.2, 0.25) is 0 Å². The number of urea groups is 1. The van der Waals surface area contributed by atoms with Gasteiger partial charge in [0.1, 0.15) is 21.1 Å². The average Bonchev–Trinajstić information content (AvgIpc) is 3.20. The first-order valence-electron chi connectivity index (χ1n) is 11.8. The van der Waals surface area contributed by atoms with Crippen molar-refractivity contribution in [1.29, 1.82) is 5.26 Å². The van der Waals surface area contributed by atoms with Crippen molar-refractivity contribution in [3.63, 3.8) is 0 Å². The van der Waals surface area contributed by atoms with Gasteiger partial charge in [0.15, 0.2) is 5.57 Å². The van der Waals surface area contributed by atoms with E-state index in [0.29, 0.717) is 32.0 Å². The quantitative estimate of drug-likeness (QED) is 0.400. The number of hydrogen-bond acceptors (Lipinski definition) is 9. The van der Waals surface area contributed by atoms with Gasteiger partial charge < -0.3 is 25.4 Å². The van der Waals surface area contributed by atoms with Gasteiger partial charge in [0.2, 0.25) is 0 Å². The summed E-state index contributed by atoms with van der Waals surface area (Å²) >= 11 is 0.962. The fourth-order valence-corrected chi connectivity index (χ4v) is 4.63. The molecule has 0 saturated carbocycles. The van der Waals surface area contributed by atoms with E-state index in [9.17, 15) is 24.0 Å². The van der Waals surface area contributed by atoms with Crippen molar-refractivity contribution in [2.45, 2.75) is 20.4 Å². The molecule has 2 amide bonds. The Kier molecular flexibility index (Phi) is 10.2. The molecule has 13 heteroatoms. The van der Waals surface area contributed by atoms with E-state index in [1.165, 1.54) is 29.0 Å². The zero-order valence-electron chi connectivity index (χ0n) is 20.6. The van der Waals surface area contributed by atoms with Crippen LogP contribution in [0.4, 0.5) is 20.6 Å². The highest BCUT2D eigenvalue weighted by Gasteiger charge is 2.16. The van der Waals surface area contributed by atoms with Gasteiger partial charge in [-0.25, -0.2) is 14.0 Å². The zero-order valence-corrected chi connectivity index (χ0v) is 21.5. The molecule has 1 aliphatic rings. The number of hydrogen-bond donors (Lipinski definition) is 3. The van der Waals surface area contributed by atoms with Crippen LogP contribution in [0.15, 0.2) is 23.0 Å². The second-order valence-corrected chi connectivity index (χ2v) is 8.88. The lowest BCUT2D eigenvalue weighted by Gasteiger charge is -2.26. The van der Waals surface area contributed by atoms with Gasteiger partial charge in [0, 0.05) is 44.6 Å². The summed E-state index contributed by atoms with van der Waals surface area (Å²) in [5.41, 5.74) is -0.273. The third-order valence-corrected chi connectivity index (χ3v) is 6.56. The van der Waals surface area contributed by atoms with Crippen molar-refractivity contribution in [1.82, 2.24) is 14.8 Å². The minimum absolute atomic E-state index is 0.0393. The van der Waals surface area contributed by atoms with Gasteiger partial charge in [-0.1, -0.05) is 0 Å². The SMILES string of the molecule is CCOC(=O)/C(C#N)=c1/s/c(=C/Nc2ccc(F)c(NC(=O)NCCN3CCOCC3)c2)c(=O)n1CC. The Hall–Kier alpha value is -3.73. The lowest BCUT2D eigenvalue weighted by Crippen LogP contribution is -2.42. The lowest BCUT2D eigenvalue weighted by molar-refractivity contribution is -0.136. The molecule has 2 heterocycles. The normalized spacial score (nSPS) is 15.0. The number of anilines is 2. The Morgan fingerprint density at radius 3 is 2.73 bits per heavy atom. The molecule has 37 heavy (non-hydrogen) atoms. The van der Waals surface area contributed by atoms with Crippen LogP contribution < -0.4 is 30.7 Å². The van der Waals surface area contributed by atoms with Crippen LogP contribution in [0, 0.1) is 17.1 Å². The van der Waals surface area contributed by atoms with Crippen molar-refractivity contribution < 1.29 is 23.5 Å². The van der Waals surface area contributed by atoms with Crippen LogP contribution in [0.5, 0.6) is 0 Å². The first kappa shape index (κ1) is 27.9. The summed E-state index contributed by atoms with van der Waals surface area (Å²) in [5, 5.41) is 17.6. The maximum Gasteiger partial charge on any atom is 0.351 e. The van der Waals surface area contributed by atoms with E-state index in [1.807, 2.05) is 6.07 Å². The summed E-state index contributed by atoms with van der Waals surface area (Å²) in [6.45, 7) is 7.68. The molecule has 11 nitrogen and oxygen atoms in total. The van der Waals surface area contributed by atoms with Gasteiger partial charge in [0.05, 0.1) is 25.5 Å². The topological polar surface area (TPSA) is 138 Å². The summed E-state index contributed by atoms with van der Waals surface area (Å²) in [6, 6.07) is 5.31. The second-order valence-electron chi connectivity index (χ2n) is 7.85. The molecule has 1 aliphatic heterocycles. The Labute approximate surface area is 216 Å². The van der Waals surface area contributed by atoms with Crippen molar-refractivity contribution in [2.24, 2.45) is 0 Å². The number of nitrogens with zero attached hydrogens (tertiary/aromatic N) is 3. The molecule has 0 unspecified atom stereocenters. The summed E-state index contributed by atoms with van der Waals surface area (Å²) in [5.74, 6) is -1.42. The maximum absolute atomic E-state index is 14.3. The third kappa shape index (κ3) is 7.39. The van der Waals surface area contributed by atoms with Crippen LogP contribution in [0.3, 0.4) is 0 Å². The number of nitrogens with one attached hydrogen (secondary N) is 3. The van der Waals surface area contributed by atoms with Gasteiger partial charge in [0.25, 0.3) is 5.56 Å². The number of benzene rings is 1. The van der Waals surface area contributed by atoms with Crippen LogP contribution in [0.1, 0.15) is 13.8 Å². The number of ether oxygens (including phenoxy) is 2. The smallest absolute Gasteiger partial charge is 0.351 e. The summed E-state index contributed by atoms with van der Waals surface area (Å²) in [4.78, 5) is 39.4. The Morgan fingerprint density at radius 2 is 2.05 bits per heavy atom. The lowest BCUT2D eigenvalue weighted by atomic mass is 10.2. The number of carbonyl (C=O) groups excluding carboxylic acids is 2. The molecule has 1 aromatic carbocycles. The molecule has 3 rings (SSSR count). The molecular formula is C24H29FN6O5S. The molecule has 0 bridgehead atoms. The van der Waals surface area contributed by atoms with Crippen molar-refractivity contribution >= 4 is 46.5 Å². The van der Waals surface area contributed by atoms with E-state index in [-0.39, 0.29) is 33.6 Å².